The summed E-state index contributed by atoms with van der Waals surface area (Å²) in [5, 5.41) is 12.5. The minimum Gasteiger partial charge on any atom is -0.365 e. The van der Waals surface area contributed by atoms with Crippen LogP contribution in [0.4, 0.5) is 17.5 Å². The minimum atomic E-state index is -0.213. The monoisotopic (exact) mass is 610 g/mol. The summed E-state index contributed by atoms with van der Waals surface area (Å²) >= 11 is 6.74. The normalized spacial score (nSPS) is 21.2. The number of halogens is 1. The lowest BCUT2D eigenvalue weighted by Crippen LogP contribution is -2.58. The zero-order chi connectivity index (χ0) is 30.6. The second kappa shape index (κ2) is 11.2. The molecule has 0 spiro atoms. The molecule has 1 aromatic heterocycles. The fraction of sp³-hybridized carbons (Fsp3) is 0.471. The van der Waals surface area contributed by atoms with Gasteiger partial charge in [0.15, 0.2) is 0 Å². The molecule has 3 aliphatic heterocycles. The molecule has 3 fully saturated rings. The first-order chi connectivity index (χ1) is 21.3. The highest BCUT2D eigenvalue weighted by Gasteiger charge is 2.55. The molecule has 44 heavy (non-hydrogen) atoms. The van der Waals surface area contributed by atoms with Gasteiger partial charge in [-0.1, -0.05) is 42.4 Å². The van der Waals surface area contributed by atoms with E-state index in [4.69, 9.17) is 21.6 Å². The summed E-state index contributed by atoms with van der Waals surface area (Å²) in [5.74, 6) is 2.22. The van der Waals surface area contributed by atoms with Crippen LogP contribution in [-0.2, 0) is 17.8 Å². The molecular weight excluding hydrogens is 572 g/mol. The van der Waals surface area contributed by atoms with Crippen LogP contribution in [-0.4, -0.2) is 90.6 Å². The number of hydrogen-bond donors (Lipinski definition) is 0. The zero-order valence-corrected chi connectivity index (χ0v) is 26.3. The van der Waals surface area contributed by atoms with Crippen molar-refractivity contribution in [2.24, 2.45) is 5.92 Å². The van der Waals surface area contributed by atoms with E-state index >= 15 is 0 Å². The first-order valence-electron chi connectivity index (χ1n) is 15.6. The van der Waals surface area contributed by atoms with Crippen molar-refractivity contribution < 1.29 is 4.79 Å². The van der Waals surface area contributed by atoms with Crippen molar-refractivity contribution in [2.45, 2.75) is 43.8 Å². The number of amides is 1. The fourth-order valence-corrected chi connectivity index (χ4v) is 7.89. The summed E-state index contributed by atoms with van der Waals surface area (Å²) in [6.07, 6.45) is 4.93. The largest absolute Gasteiger partial charge is 0.365 e. The second-order valence-corrected chi connectivity index (χ2v) is 13.3. The van der Waals surface area contributed by atoms with Crippen LogP contribution in [0, 0.1) is 17.2 Å². The number of nitrogens with zero attached hydrogens (tertiary/aromatic N) is 8. The van der Waals surface area contributed by atoms with Gasteiger partial charge in [0.1, 0.15) is 5.82 Å². The summed E-state index contributed by atoms with van der Waals surface area (Å²) in [4.78, 5) is 34.3. The highest BCUT2D eigenvalue weighted by atomic mass is 35.5. The molecule has 2 aromatic carbocycles. The van der Waals surface area contributed by atoms with Gasteiger partial charge in [0.05, 0.1) is 35.8 Å². The Morgan fingerprint density at radius 3 is 2.57 bits per heavy atom. The number of fused-ring (bicyclic) bond motifs is 2. The van der Waals surface area contributed by atoms with E-state index in [-0.39, 0.29) is 18.4 Å². The van der Waals surface area contributed by atoms with Gasteiger partial charge in [-0.15, -0.1) is 0 Å². The average Bonchev–Trinajstić information content (AvgIpc) is 3.81. The van der Waals surface area contributed by atoms with Gasteiger partial charge in [-0.3, -0.25) is 4.79 Å². The Bertz CT molecular complexity index is 1650. The lowest BCUT2D eigenvalue weighted by molar-refractivity contribution is -0.128. The van der Waals surface area contributed by atoms with E-state index in [1.807, 2.05) is 12.1 Å². The lowest BCUT2D eigenvalue weighted by atomic mass is 9.88. The standard InChI is InChI=1S/C34H39ClN8O/c1-4-30(44)43-18-17-41(21-25(43)11-15-36)32-26-12-16-40(29-10-6-8-23-7-5-9-27(35)31(23)29)22-28(26)37-33(38-32)42-19-24(20-42)34(13-14-34)39(2)3/h4-10,24-25H,1,11-14,16-22H2,2-3H3/t25-/m0/s1. The van der Waals surface area contributed by atoms with E-state index in [0.717, 1.165) is 65.0 Å². The van der Waals surface area contributed by atoms with E-state index in [2.05, 4.69) is 70.6 Å². The van der Waals surface area contributed by atoms with Crippen molar-refractivity contribution in [2.75, 3.05) is 68.1 Å². The van der Waals surface area contributed by atoms with Gasteiger partial charge in [-0.05, 0) is 57.0 Å². The Morgan fingerprint density at radius 2 is 1.86 bits per heavy atom. The molecule has 10 heteroatoms. The molecule has 1 aliphatic carbocycles. The van der Waals surface area contributed by atoms with Crippen LogP contribution >= 0.6 is 11.6 Å². The number of benzene rings is 2. The number of piperazine rings is 1. The van der Waals surface area contributed by atoms with Crippen molar-refractivity contribution in [3.8, 4) is 6.07 Å². The SMILES string of the molecule is C=CC(=O)N1CCN(c2nc(N3CC(C4(N(C)C)CC4)C3)nc3c2CCN(c2cccc4cccc(Cl)c24)C3)C[C@@H]1CC#N. The number of carbonyl (C=O) groups excluding carboxylic acids is 1. The first kappa shape index (κ1) is 28.9. The molecule has 1 atom stereocenters. The molecule has 3 aromatic rings. The quantitative estimate of drug-likeness (QED) is 0.362. The molecule has 9 nitrogen and oxygen atoms in total. The molecule has 228 valence electrons. The third-order valence-electron chi connectivity index (χ3n) is 10.3. The van der Waals surface area contributed by atoms with Gasteiger partial charge >= 0.3 is 0 Å². The number of anilines is 3. The summed E-state index contributed by atoms with van der Waals surface area (Å²) in [5.41, 5.74) is 3.64. The summed E-state index contributed by atoms with van der Waals surface area (Å²) in [7, 11) is 4.40. The van der Waals surface area contributed by atoms with Crippen LogP contribution in [0.15, 0.2) is 49.1 Å². The van der Waals surface area contributed by atoms with Gasteiger partial charge in [0.25, 0.3) is 0 Å². The molecule has 1 amide bonds. The Hall–Kier alpha value is -3.87. The Balaban J connectivity index is 1.23. The molecule has 0 radical (unpaired) electrons. The maximum Gasteiger partial charge on any atom is 0.246 e. The molecular formula is C34H39ClN8O. The molecule has 2 saturated heterocycles. The Kier molecular flexibility index (Phi) is 7.38. The van der Waals surface area contributed by atoms with E-state index in [1.165, 1.54) is 24.5 Å². The lowest BCUT2D eigenvalue weighted by Gasteiger charge is -2.47. The minimum absolute atomic E-state index is 0.124. The van der Waals surface area contributed by atoms with Gasteiger partial charge in [0, 0.05) is 67.4 Å². The van der Waals surface area contributed by atoms with Gasteiger partial charge in [-0.2, -0.15) is 10.2 Å². The van der Waals surface area contributed by atoms with Crippen molar-refractivity contribution in [3.63, 3.8) is 0 Å². The van der Waals surface area contributed by atoms with Crippen molar-refractivity contribution in [1.29, 1.82) is 5.26 Å². The van der Waals surface area contributed by atoms with Crippen LogP contribution in [0.5, 0.6) is 0 Å². The number of rotatable bonds is 7. The number of aromatic nitrogens is 2. The molecule has 0 bridgehead atoms. The summed E-state index contributed by atoms with van der Waals surface area (Å²) in [6, 6.07) is 14.5. The highest BCUT2D eigenvalue weighted by molar-refractivity contribution is 6.36. The molecule has 4 heterocycles. The van der Waals surface area contributed by atoms with Crippen molar-refractivity contribution in [1.82, 2.24) is 19.8 Å². The summed E-state index contributed by atoms with van der Waals surface area (Å²) < 4.78 is 0. The van der Waals surface area contributed by atoms with Crippen LogP contribution in [0.2, 0.25) is 5.02 Å². The predicted octanol–water partition coefficient (Wildman–Crippen LogP) is 4.49. The molecule has 7 rings (SSSR count). The van der Waals surface area contributed by atoms with E-state index in [0.29, 0.717) is 37.6 Å². The Morgan fingerprint density at radius 1 is 1.09 bits per heavy atom. The molecule has 1 saturated carbocycles. The van der Waals surface area contributed by atoms with Crippen molar-refractivity contribution in [3.05, 3.63) is 65.3 Å². The molecule has 0 N–H and O–H groups in total. The van der Waals surface area contributed by atoms with Gasteiger partial charge in [-0.25, -0.2) is 4.98 Å². The van der Waals surface area contributed by atoms with Crippen LogP contribution < -0.4 is 14.7 Å². The van der Waals surface area contributed by atoms with E-state index in [9.17, 15) is 10.1 Å². The van der Waals surface area contributed by atoms with Gasteiger partial charge in [0.2, 0.25) is 11.9 Å². The second-order valence-electron chi connectivity index (χ2n) is 12.9. The highest BCUT2D eigenvalue weighted by Crippen LogP contribution is 2.50. The zero-order valence-electron chi connectivity index (χ0n) is 25.5. The topological polar surface area (TPSA) is 82.8 Å². The third-order valence-corrected chi connectivity index (χ3v) is 10.7. The fourth-order valence-electron chi connectivity index (χ4n) is 7.61. The smallest absolute Gasteiger partial charge is 0.246 e. The Labute approximate surface area is 264 Å². The van der Waals surface area contributed by atoms with E-state index < -0.39 is 0 Å². The van der Waals surface area contributed by atoms with Crippen LogP contribution in [0.25, 0.3) is 10.8 Å². The van der Waals surface area contributed by atoms with Crippen LogP contribution in [0.3, 0.4) is 0 Å². The predicted molar refractivity (Wildman–Crippen MR) is 175 cm³/mol. The number of nitriles is 1. The first-order valence-corrected chi connectivity index (χ1v) is 16.0. The van der Waals surface area contributed by atoms with E-state index in [1.54, 1.807) is 4.90 Å². The third kappa shape index (κ3) is 4.85. The number of hydrogen-bond acceptors (Lipinski definition) is 8. The maximum atomic E-state index is 12.6. The average molecular weight is 611 g/mol. The molecule has 4 aliphatic rings. The summed E-state index contributed by atoms with van der Waals surface area (Å²) in [6.45, 7) is 8.82. The van der Waals surface area contributed by atoms with Crippen LogP contribution in [0.1, 0.15) is 30.5 Å². The van der Waals surface area contributed by atoms with Crippen molar-refractivity contribution >= 4 is 45.7 Å². The molecule has 0 unspecified atom stereocenters. The number of carbonyl (C=O) groups is 1. The maximum absolute atomic E-state index is 12.6. The van der Waals surface area contributed by atoms with Gasteiger partial charge < -0.3 is 24.5 Å².